The molecule has 1 aromatic heterocycles. The fourth-order valence-corrected chi connectivity index (χ4v) is 2.89. The first-order valence-corrected chi connectivity index (χ1v) is 8.28. The molecule has 2 heterocycles. The van der Waals surface area contributed by atoms with Crippen LogP contribution in [0.1, 0.15) is 16.4 Å². The predicted octanol–water partition coefficient (Wildman–Crippen LogP) is 0.979. The molecule has 0 saturated carbocycles. The second-order valence-electron chi connectivity index (χ2n) is 5.73. The molecule has 1 aliphatic rings. The number of rotatable bonds is 4. The summed E-state index contributed by atoms with van der Waals surface area (Å²) in [4.78, 5) is 20.8. The summed E-state index contributed by atoms with van der Waals surface area (Å²) >= 11 is 5.90. The minimum atomic E-state index is -0.158. The molecule has 1 aliphatic heterocycles. The van der Waals surface area contributed by atoms with Crippen LogP contribution in [0.5, 0.6) is 0 Å². The number of aliphatic hydroxyl groups is 1. The van der Waals surface area contributed by atoms with Crippen LogP contribution in [0.4, 0.5) is 0 Å². The van der Waals surface area contributed by atoms with E-state index in [0.29, 0.717) is 30.5 Å². The number of hydrogen-bond acceptors (Lipinski definition) is 5. The van der Waals surface area contributed by atoms with Crippen LogP contribution in [0, 0.1) is 6.92 Å². The van der Waals surface area contributed by atoms with Gasteiger partial charge in [0.2, 0.25) is 5.82 Å². The highest BCUT2D eigenvalue weighted by Crippen LogP contribution is 2.15. The Hall–Kier alpha value is -1.96. The van der Waals surface area contributed by atoms with Gasteiger partial charge in [-0.15, -0.1) is 5.10 Å². The number of hydrogen-bond donors (Lipinski definition) is 1. The molecule has 24 heavy (non-hydrogen) atoms. The van der Waals surface area contributed by atoms with Crippen LogP contribution in [0.15, 0.2) is 24.3 Å². The summed E-state index contributed by atoms with van der Waals surface area (Å²) in [6, 6.07) is 7.23. The Kier molecular flexibility index (Phi) is 5.13. The third kappa shape index (κ3) is 3.58. The van der Waals surface area contributed by atoms with E-state index < -0.39 is 0 Å². The molecule has 1 N–H and O–H groups in total. The largest absolute Gasteiger partial charge is 0.395 e. The van der Waals surface area contributed by atoms with Crippen LogP contribution in [-0.4, -0.2) is 74.9 Å². The first kappa shape index (κ1) is 16.9. The van der Waals surface area contributed by atoms with Gasteiger partial charge in [-0.1, -0.05) is 11.6 Å². The monoisotopic (exact) mass is 349 g/mol. The van der Waals surface area contributed by atoms with Crippen molar-refractivity contribution in [1.29, 1.82) is 0 Å². The van der Waals surface area contributed by atoms with E-state index in [0.717, 1.165) is 18.8 Å². The molecule has 0 aliphatic carbocycles. The maximum atomic E-state index is 12.6. The van der Waals surface area contributed by atoms with Crippen molar-refractivity contribution in [2.45, 2.75) is 6.92 Å². The number of aryl methyl sites for hydroxylation is 1. The van der Waals surface area contributed by atoms with Crippen LogP contribution in [0.2, 0.25) is 5.02 Å². The van der Waals surface area contributed by atoms with Gasteiger partial charge in [0.15, 0.2) is 0 Å². The summed E-state index contributed by atoms with van der Waals surface area (Å²) in [7, 11) is 0. The second kappa shape index (κ2) is 7.29. The highest BCUT2D eigenvalue weighted by atomic mass is 35.5. The highest BCUT2D eigenvalue weighted by Gasteiger charge is 2.25. The van der Waals surface area contributed by atoms with Gasteiger partial charge in [0.05, 0.1) is 12.3 Å². The lowest BCUT2D eigenvalue weighted by Crippen LogP contribution is -2.49. The molecular weight excluding hydrogens is 330 g/mol. The Labute approximate surface area is 145 Å². The first-order chi connectivity index (χ1) is 11.6. The van der Waals surface area contributed by atoms with Gasteiger partial charge in [0.25, 0.3) is 5.91 Å². The average Bonchev–Trinajstić information content (AvgIpc) is 2.98. The van der Waals surface area contributed by atoms with E-state index in [1.165, 1.54) is 0 Å². The Balaban J connectivity index is 1.73. The van der Waals surface area contributed by atoms with E-state index in [9.17, 15) is 4.79 Å². The molecule has 3 rings (SSSR count). The zero-order valence-electron chi connectivity index (χ0n) is 13.5. The summed E-state index contributed by atoms with van der Waals surface area (Å²) in [5.74, 6) is 0.701. The third-order valence-electron chi connectivity index (χ3n) is 4.11. The van der Waals surface area contributed by atoms with E-state index >= 15 is 0 Å². The second-order valence-corrected chi connectivity index (χ2v) is 6.16. The maximum absolute atomic E-state index is 12.6. The molecule has 2 aromatic rings. The highest BCUT2D eigenvalue weighted by molar-refractivity contribution is 6.30. The summed E-state index contributed by atoms with van der Waals surface area (Å²) in [5, 5.41) is 14.0. The number of amides is 1. The van der Waals surface area contributed by atoms with Gasteiger partial charge < -0.3 is 10.0 Å². The van der Waals surface area contributed by atoms with Crippen LogP contribution in [0.25, 0.3) is 5.69 Å². The van der Waals surface area contributed by atoms with Crippen molar-refractivity contribution < 1.29 is 9.90 Å². The number of nitrogens with zero attached hydrogens (tertiary/aromatic N) is 5. The molecule has 0 atom stereocenters. The quantitative estimate of drug-likeness (QED) is 0.890. The summed E-state index contributed by atoms with van der Waals surface area (Å²) in [5.41, 5.74) is 0.816. The number of carbonyl (C=O) groups is 1. The molecule has 0 radical (unpaired) electrons. The lowest BCUT2D eigenvalue weighted by Gasteiger charge is -2.33. The number of halogens is 1. The van der Waals surface area contributed by atoms with Crippen molar-refractivity contribution >= 4 is 17.5 Å². The van der Waals surface area contributed by atoms with Crippen LogP contribution in [0.3, 0.4) is 0 Å². The van der Waals surface area contributed by atoms with Gasteiger partial charge in [-0.2, -0.15) is 0 Å². The van der Waals surface area contributed by atoms with Gasteiger partial charge in [-0.3, -0.25) is 9.69 Å². The first-order valence-electron chi connectivity index (χ1n) is 7.90. The van der Waals surface area contributed by atoms with E-state index in [-0.39, 0.29) is 18.3 Å². The fourth-order valence-electron chi connectivity index (χ4n) is 2.76. The van der Waals surface area contributed by atoms with Crippen molar-refractivity contribution in [2.75, 3.05) is 39.3 Å². The zero-order valence-corrected chi connectivity index (χ0v) is 14.3. The average molecular weight is 350 g/mol. The Morgan fingerprint density at radius 1 is 1.21 bits per heavy atom. The zero-order chi connectivity index (χ0) is 17.1. The molecule has 1 fully saturated rings. The maximum Gasteiger partial charge on any atom is 0.293 e. The van der Waals surface area contributed by atoms with Gasteiger partial charge >= 0.3 is 0 Å². The fraction of sp³-hybridized carbons (Fsp3) is 0.438. The van der Waals surface area contributed by atoms with Crippen molar-refractivity contribution in [2.24, 2.45) is 0 Å². The molecule has 8 heteroatoms. The van der Waals surface area contributed by atoms with Crippen LogP contribution < -0.4 is 0 Å². The van der Waals surface area contributed by atoms with Gasteiger partial charge in [-0.25, -0.2) is 9.67 Å². The molecule has 0 spiro atoms. The standard InChI is InChI=1S/C16H20ClN5O2/c1-12-18-15(19-22(12)14-4-2-13(17)3-5-14)16(24)21-8-6-20(7-9-21)10-11-23/h2-5,23H,6-11H2,1H3. The molecule has 128 valence electrons. The lowest BCUT2D eigenvalue weighted by atomic mass is 10.3. The molecule has 1 aromatic carbocycles. The van der Waals surface area contributed by atoms with E-state index in [1.54, 1.807) is 21.7 Å². The number of benzene rings is 1. The minimum absolute atomic E-state index is 0.139. The Morgan fingerprint density at radius 3 is 2.50 bits per heavy atom. The molecule has 0 unspecified atom stereocenters. The van der Waals surface area contributed by atoms with E-state index in [4.69, 9.17) is 16.7 Å². The van der Waals surface area contributed by atoms with E-state index in [1.807, 2.05) is 19.1 Å². The molecule has 7 nitrogen and oxygen atoms in total. The van der Waals surface area contributed by atoms with Crippen molar-refractivity contribution in [3.05, 3.63) is 40.9 Å². The number of β-amino-alcohol motifs (C(OH)–C–C–N with tert-alkyl or cyclic N) is 1. The molecule has 1 amide bonds. The van der Waals surface area contributed by atoms with Crippen molar-refractivity contribution in [3.63, 3.8) is 0 Å². The van der Waals surface area contributed by atoms with Crippen LogP contribution >= 0.6 is 11.6 Å². The summed E-state index contributed by atoms with van der Waals surface area (Å²) in [6.45, 7) is 5.34. The molecular formula is C16H20ClN5O2. The molecule has 1 saturated heterocycles. The number of aromatic nitrogens is 3. The Morgan fingerprint density at radius 2 is 1.88 bits per heavy atom. The van der Waals surface area contributed by atoms with Gasteiger partial charge in [-0.05, 0) is 31.2 Å². The SMILES string of the molecule is Cc1nc(C(=O)N2CCN(CCO)CC2)nn1-c1ccc(Cl)cc1. The minimum Gasteiger partial charge on any atom is -0.395 e. The van der Waals surface area contributed by atoms with Gasteiger partial charge in [0.1, 0.15) is 5.82 Å². The number of carbonyl (C=O) groups excluding carboxylic acids is 1. The number of piperazine rings is 1. The third-order valence-corrected chi connectivity index (χ3v) is 4.36. The van der Waals surface area contributed by atoms with E-state index in [2.05, 4.69) is 15.0 Å². The summed E-state index contributed by atoms with van der Waals surface area (Å²) < 4.78 is 1.64. The summed E-state index contributed by atoms with van der Waals surface area (Å²) in [6.07, 6.45) is 0. The van der Waals surface area contributed by atoms with Gasteiger partial charge in [0, 0.05) is 37.7 Å². The normalized spacial score (nSPS) is 15.7. The smallest absolute Gasteiger partial charge is 0.293 e. The van der Waals surface area contributed by atoms with Crippen LogP contribution in [-0.2, 0) is 0 Å². The Bertz CT molecular complexity index is 708. The molecule has 0 bridgehead atoms. The topological polar surface area (TPSA) is 74.5 Å². The number of aliphatic hydroxyl groups excluding tert-OH is 1. The van der Waals surface area contributed by atoms with Crippen molar-refractivity contribution in [3.8, 4) is 5.69 Å². The predicted molar refractivity (Wildman–Crippen MR) is 90.5 cm³/mol. The van der Waals surface area contributed by atoms with Crippen molar-refractivity contribution in [1.82, 2.24) is 24.6 Å². The lowest BCUT2D eigenvalue weighted by molar-refractivity contribution is 0.0603.